The summed E-state index contributed by atoms with van der Waals surface area (Å²) >= 11 is 10.8. The second kappa shape index (κ2) is 6.14. The third kappa shape index (κ3) is 4.69. The van der Waals surface area contributed by atoms with Crippen molar-refractivity contribution in [1.82, 2.24) is 0 Å². The van der Waals surface area contributed by atoms with Crippen LogP contribution in [0.15, 0.2) is 21.9 Å². The van der Waals surface area contributed by atoms with E-state index in [1.165, 1.54) is 0 Å². The Morgan fingerprint density at radius 2 is 1.12 bits per heavy atom. The maximum Gasteiger partial charge on any atom is 1.00 e. The van der Waals surface area contributed by atoms with E-state index in [0.717, 1.165) is 0 Å². The summed E-state index contributed by atoms with van der Waals surface area (Å²) in [5.74, 6) is 0. The average molecular weight is 347 g/mol. The predicted octanol–water partition coefficient (Wildman–Crippen LogP) is -1.40. The summed E-state index contributed by atoms with van der Waals surface area (Å²) in [6, 6.07) is 1.25. The zero-order valence-corrected chi connectivity index (χ0v) is 14.5. The molecule has 0 aliphatic carbocycles. The first-order chi connectivity index (χ1) is 7.03. The molecule has 0 unspecified atom stereocenters. The molecule has 0 spiro atoms. The second-order valence-corrected chi connectivity index (χ2v) is 6.26. The van der Waals surface area contributed by atoms with Crippen LogP contribution in [0.4, 0.5) is 0 Å². The molecule has 0 aliphatic rings. The minimum absolute atomic E-state index is 0. The van der Waals surface area contributed by atoms with Gasteiger partial charge in [0.25, 0.3) is 20.2 Å². The molecule has 1 rings (SSSR count). The van der Waals surface area contributed by atoms with Gasteiger partial charge in [0, 0.05) is 0 Å². The Hall–Kier alpha value is 1.26. The fraction of sp³-hybridized carbons (Fsp3) is 0. The second-order valence-electron chi connectivity index (χ2n) is 2.66. The number of rotatable bonds is 2. The third-order valence-electron chi connectivity index (χ3n) is 1.54. The molecular formula is C6H5Cl2KO6S2. The van der Waals surface area contributed by atoms with Crippen molar-refractivity contribution in [2.24, 2.45) is 0 Å². The first kappa shape index (κ1) is 18.3. The molecule has 0 saturated carbocycles. The molecule has 6 nitrogen and oxygen atoms in total. The number of hydrogen-bond acceptors (Lipinski definition) is 4. The summed E-state index contributed by atoms with van der Waals surface area (Å²) in [6.45, 7) is 0. The van der Waals surface area contributed by atoms with Crippen molar-refractivity contribution in [2.45, 2.75) is 9.79 Å². The molecule has 0 radical (unpaired) electrons. The van der Waals surface area contributed by atoms with E-state index in [4.69, 9.17) is 32.3 Å². The standard InChI is InChI=1S/C6H4Cl2O6S2.K.H/c7-3-1-5(15(9,10)11)4(8)2-6(3)16(12,13)14;;/h1-2H,(H,9,10,11)(H,12,13,14);;/q;+1;-1. The minimum atomic E-state index is -4.61. The number of benzene rings is 1. The van der Waals surface area contributed by atoms with Gasteiger partial charge in [-0.05, 0) is 12.1 Å². The molecule has 11 heteroatoms. The maximum atomic E-state index is 10.8. The van der Waals surface area contributed by atoms with Crippen molar-refractivity contribution in [2.75, 3.05) is 0 Å². The van der Waals surface area contributed by atoms with Crippen LogP contribution < -0.4 is 51.4 Å². The smallest absolute Gasteiger partial charge is 1.00 e. The Morgan fingerprint density at radius 3 is 1.29 bits per heavy atom. The van der Waals surface area contributed by atoms with Crippen molar-refractivity contribution >= 4 is 43.4 Å². The summed E-state index contributed by atoms with van der Waals surface area (Å²) < 4.78 is 60.5. The van der Waals surface area contributed by atoms with Gasteiger partial charge in [0.15, 0.2) is 0 Å². The van der Waals surface area contributed by atoms with E-state index in [0.29, 0.717) is 12.1 Å². The zero-order valence-electron chi connectivity index (χ0n) is 9.25. The van der Waals surface area contributed by atoms with Crippen LogP contribution in [0.3, 0.4) is 0 Å². The van der Waals surface area contributed by atoms with E-state index in [-0.39, 0.29) is 52.8 Å². The maximum absolute atomic E-state index is 10.8. The first-order valence-corrected chi connectivity index (χ1v) is 7.11. The van der Waals surface area contributed by atoms with Gasteiger partial charge in [-0.1, -0.05) is 23.2 Å². The molecule has 17 heavy (non-hydrogen) atoms. The van der Waals surface area contributed by atoms with Crippen LogP contribution in [0.25, 0.3) is 0 Å². The molecule has 0 heterocycles. The van der Waals surface area contributed by atoms with Crippen molar-refractivity contribution in [1.29, 1.82) is 0 Å². The van der Waals surface area contributed by atoms with Crippen LogP contribution >= 0.6 is 23.2 Å². The Balaban J connectivity index is 0. The van der Waals surface area contributed by atoms with Crippen LogP contribution in [0.2, 0.25) is 10.0 Å². The Kier molecular flexibility index (Phi) is 6.59. The predicted molar refractivity (Wildman–Crippen MR) is 57.2 cm³/mol. The molecule has 1 aromatic carbocycles. The SMILES string of the molecule is O=S(=O)(O)c1cc(Cl)c(S(=O)(=O)O)cc1Cl.[H-].[K+]. The average Bonchev–Trinajstić information content (AvgIpc) is 2.04. The van der Waals surface area contributed by atoms with E-state index in [9.17, 15) is 16.8 Å². The van der Waals surface area contributed by atoms with Gasteiger partial charge in [0.05, 0.1) is 10.0 Å². The van der Waals surface area contributed by atoms with Crippen LogP contribution in [0.1, 0.15) is 1.43 Å². The van der Waals surface area contributed by atoms with Gasteiger partial charge in [-0.15, -0.1) is 0 Å². The Labute approximate surface area is 152 Å². The zero-order chi connectivity index (χ0) is 12.7. The largest absolute Gasteiger partial charge is 1.00 e. The quantitative estimate of drug-likeness (QED) is 0.503. The van der Waals surface area contributed by atoms with Crippen LogP contribution in [-0.2, 0) is 20.2 Å². The summed E-state index contributed by atoms with van der Waals surface area (Å²) in [4.78, 5) is -1.49. The molecule has 0 aromatic heterocycles. The van der Waals surface area contributed by atoms with Crippen molar-refractivity contribution in [3.63, 3.8) is 0 Å². The van der Waals surface area contributed by atoms with Gasteiger partial charge in [-0.25, -0.2) is 0 Å². The molecule has 0 aliphatic heterocycles. The Morgan fingerprint density at radius 1 is 0.882 bits per heavy atom. The van der Waals surface area contributed by atoms with Crippen LogP contribution in [0.5, 0.6) is 0 Å². The molecule has 0 fully saturated rings. The van der Waals surface area contributed by atoms with E-state index in [1.54, 1.807) is 0 Å². The summed E-state index contributed by atoms with van der Waals surface area (Å²) in [5.41, 5.74) is 0. The summed E-state index contributed by atoms with van der Waals surface area (Å²) in [5, 5.41) is -1.14. The fourth-order valence-corrected chi connectivity index (χ4v) is 3.09. The summed E-state index contributed by atoms with van der Waals surface area (Å²) in [7, 11) is -9.22. The molecule has 0 amide bonds. The molecule has 92 valence electrons. The van der Waals surface area contributed by atoms with Gasteiger partial charge >= 0.3 is 51.4 Å². The minimum Gasteiger partial charge on any atom is -1.00 e. The number of hydrogen-bond donors (Lipinski definition) is 2. The van der Waals surface area contributed by atoms with Crippen molar-refractivity contribution in [3.8, 4) is 0 Å². The molecule has 1 aromatic rings. The molecule has 0 atom stereocenters. The Bertz CT molecular complexity index is 587. The topological polar surface area (TPSA) is 109 Å². The third-order valence-corrected chi connectivity index (χ3v) is 4.18. The number of halogens is 2. The van der Waals surface area contributed by atoms with E-state index < -0.39 is 40.1 Å². The van der Waals surface area contributed by atoms with E-state index in [1.807, 2.05) is 0 Å². The first-order valence-electron chi connectivity index (χ1n) is 3.47. The van der Waals surface area contributed by atoms with Crippen LogP contribution in [-0.4, -0.2) is 25.9 Å². The fourth-order valence-electron chi connectivity index (χ4n) is 0.906. The van der Waals surface area contributed by atoms with Crippen molar-refractivity contribution < 1.29 is 78.8 Å². The van der Waals surface area contributed by atoms with Gasteiger partial charge < -0.3 is 1.43 Å². The van der Waals surface area contributed by atoms with Crippen LogP contribution in [0, 0.1) is 0 Å². The monoisotopic (exact) mass is 346 g/mol. The molecule has 0 bridgehead atoms. The molecule has 2 N–H and O–H groups in total. The van der Waals surface area contributed by atoms with Crippen molar-refractivity contribution in [3.05, 3.63) is 22.2 Å². The van der Waals surface area contributed by atoms with E-state index >= 15 is 0 Å². The van der Waals surface area contributed by atoms with Gasteiger partial charge in [0.1, 0.15) is 9.79 Å². The van der Waals surface area contributed by atoms with Gasteiger partial charge in [0.2, 0.25) is 0 Å². The molecule has 0 saturated heterocycles. The van der Waals surface area contributed by atoms with Gasteiger partial charge in [-0.2, -0.15) is 16.8 Å². The van der Waals surface area contributed by atoms with Gasteiger partial charge in [-0.3, -0.25) is 9.11 Å². The van der Waals surface area contributed by atoms with E-state index in [2.05, 4.69) is 0 Å². The summed E-state index contributed by atoms with van der Waals surface area (Å²) in [6.07, 6.45) is 0. The normalized spacial score (nSPS) is 12.0. The molecular weight excluding hydrogens is 342 g/mol.